The Morgan fingerprint density at radius 3 is 2.22 bits per heavy atom. The van der Waals surface area contributed by atoms with Gasteiger partial charge in [-0.25, -0.2) is 18.4 Å². The van der Waals surface area contributed by atoms with Crippen LogP contribution in [0.15, 0.2) is 21.5 Å². The lowest BCUT2D eigenvalue weighted by Crippen LogP contribution is -2.08. The van der Waals surface area contributed by atoms with Gasteiger partial charge in [-0.3, -0.25) is 0 Å². The molecular weight excluding hydrogens is 383 g/mol. The Morgan fingerprint density at radius 2 is 1.70 bits per heavy atom. The third-order valence-electron chi connectivity index (χ3n) is 2.83. The average molecular weight is 391 g/mol. The minimum absolute atomic E-state index is 0.149. The molecule has 0 saturated heterocycles. The van der Waals surface area contributed by atoms with Gasteiger partial charge in [-0.05, 0) is 19.1 Å². The highest BCUT2D eigenvalue weighted by molar-refractivity contribution is 7.93. The van der Waals surface area contributed by atoms with Crippen LogP contribution in [0.5, 0.6) is 5.88 Å². The van der Waals surface area contributed by atoms with E-state index in [2.05, 4.69) is 20.2 Å². The molecule has 0 atom stereocenters. The molecule has 0 amide bonds. The first-order chi connectivity index (χ1) is 10.8. The molecule has 0 fully saturated rings. The Morgan fingerprint density at radius 1 is 1.09 bits per heavy atom. The van der Waals surface area contributed by atoms with Gasteiger partial charge in [0.05, 0.1) is 28.2 Å². The van der Waals surface area contributed by atoms with E-state index in [1.54, 1.807) is 6.92 Å². The molecule has 0 radical (unpaired) electrons. The number of methoxy groups -OCH3 is 1. The molecule has 0 aliphatic heterocycles. The highest BCUT2D eigenvalue weighted by Crippen LogP contribution is 2.32. The van der Waals surface area contributed by atoms with Crippen LogP contribution in [-0.2, 0) is 9.84 Å². The summed E-state index contributed by atoms with van der Waals surface area (Å²) >= 11 is 12.8. The standard InChI is InChI=1S/C12H8Cl2N4O3S2/c1-5-17-18-12(22-5)23(19,20)11-10(21-2)15-8-3-6(13)7(14)4-9(8)16-11/h3-4H,1-2H3. The first-order valence-corrected chi connectivity index (χ1v) is 9.14. The van der Waals surface area contributed by atoms with Crippen molar-refractivity contribution in [2.45, 2.75) is 16.3 Å². The Bertz CT molecular complexity index is 1020. The van der Waals surface area contributed by atoms with Crippen LogP contribution in [0, 0.1) is 6.92 Å². The number of nitrogens with zero attached hydrogens (tertiary/aromatic N) is 4. The fourth-order valence-electron chi connectivity index (χ4n) is 1.80. The smallest absolute Gasteiger partial charge is 0.258 e. The van der Waals surface area contributed by atoms with Crippen LogP contribution in [0.25, 0.3) is 11.0 Å². The molecule has 7 nitrogen and oxygen atoms in total. The second kappa shape index (κ2) is 5.82. The maximum absolute atomic E-state index is 12.7. The number of hydrogen-bond acceptors (Lipinski definition) is 8. The SMILES string of the molecule is COc1nc2cc(Cl)c(Cl)cc2nc1S(=O)(=O)c1nnc(C)s1. The van der Waals surface area contributed by atoms with Crippen molar-refractivity contribution in [3.63, 3.8) is 0 Å². The van der Waals surface area contributed by atoms with Crippen LogP contribution in [-0.4, -0.2) is 35.7 Å². The summed E-state index contributed by atoms with van der Waals surface area (Å²) in [4.78, 5) is 8.27. The Balaban J connectivity index is 2.30. The average Bonchev–Trinajstić information content (AvgIpc) is 2.94. The lowest BCUT2D eigenvalue weighted by molar-refractivity contribution is 0.382. The van der Waals surface area contributed by atoms with Gasteiger partial charge >= 0.3 is 0 Å². The first-order valence-electron chi connectivity index (χ1n) is 6.09. The van der Waals surface area contributed by atoms with Gasteiger partial charge in [0.1, 0.15) is 5.01 Å². The molecular formula is C12H8Cl2N4O3S2. The lowest BCUT2D eigenvalue weighted by Gasteiger charge is -2.08. The molecule has 1 aromatic carbocycles. The molecule has 0 aliphatic carbocycles. The number of sulfone groups is 1. The number of hydrogen-bond donors (Lipinski definition) is 0. The van der Waals surface area contributed by atoms with Crippen molar-refractivity contribution < 1.29 is 13.2 Å². The summed E-state index contributed by atoms with van der Waals surface area (Å²) in [6.45, 7) is 1.65. The molecule has 0 saturated carbocycles. The van der Waals surface area contributed by atoms with E-state index >= 15 is 0 Å². The van der Waals surface area contributed by atoms with Gasteiger partial charge in [0, 0.05) is 0 Å². The first kappa shape index (κ1) is 16.3. The number of halogens is 2. The summed E-state index contributed by atoms with van der Waals surface area (Å²) in [5, 5.41) is 8.08. The van der Waals surface area contributed by atoms with Crippen molar-refractivity contribution in [3.05, 3.63) is 27.2 Å². The minimum atomic E-state index is -4.01. The van der Waals surface area contributed by atoms with E-state index in [0.29, 0.717) is 10.5 Å². The number of fused-ring (bicyclic) bond motifs is 1. The topological polar surface area (TPSA) is 94.9 Å². The number of ether oxygens (including phenoxy) is 1. The van der Waals surface area contributed by atoms with E-state index in [1.807, 2.05) is 0 Å². The van der Waals surface area contributed by atoms with Gasteiger partial charge in [-0.15, -0.1) is 10.2 Å². The van der Waals surface area contributed by atoms with Crippen molar-refractivity contribution in [1.29, 1.82) is 0 Å². The number of benzene rings is 1. The number of aromatic nitrogens is 4. The molecule has 120 valence electrons. The van der Waals surface area contributed by atoms with Crippen LogP contribution in [0.2, 0.25) is 10.0 Å². The predicted octanol–water partition coefficient (Wildman–Crippen LogP) is 2.94. The molecule has 3 aromatic rings. The molecule has 2 aromatic heterocycles. The van der Waals surface area contributed by atoms with Gasteiger partial charge in [-0.2, -0.15) is 0 Å². The molecule has 0 bridgehead atoms. The molecule has 23 heavy (non-hydrogen) atoms. The largest absolute Gasteiger partial charge is 0.479 e. The summed E-state index contributed by atoms with van der Waals surface area (Å²) in [5.74, 6) is -0.149. The van der Waals surface area contributed by atoms with Gasteiger partial charge in [0.15, 0.2) is 0 Å². The summed E-state index contributed by atoms with van der Waals surface area (Å²) in [6.07, 6.45) is 0. The van der Waals surface area contributed by atoms with Crippen LogP contribution >= 0.6 is 34.5 Å². The van der Waals surface area contributed by atoms with Crippen molar-refractivity contribution >= 4 is 55.4 Å². The zero-order valence-electron chi connectivity index (χ0n) is 11.7. The quantitative estimate of drug-likeness (QED) is 0.677. The number of rotatable bonds is 3. The fourth-order valence-corrected chi connectivity index (χ4v) is 4.46. The third kappa shape index (κ3) is 2.85. The maximum Gasteiger partial charge on any atom is 0.258 e. The van der Waals surface area contributed by atoms with E-state index in [1.165, 1.54) is 19.2 Å². The van der Waals surface area contributed by atoms with Gasteiger partial charge in [0.25, 0.3) is 15.7 Å². The van der Waals surface area contributed by atoms with Crippen molar-refractivity contribution in [2.75, 3.05) is 7.11 Å². The van der Waals surface area contributed by atoms with Gasteiger partial charge in [0.2, 0.25) is 9.37 Å². The van der Waals surface area contributed by atoms with Crippen LogP contribution < -0.4 is 4.74 Å². The maximum atomic E-state index is 12.7. The Labute approximate surface area is 145 Å². The van der Waals surface area contributed by atoms with Crippen LogP contribution in [0.4, 0.5) is 0 Å². The zero-order chi connectivity index (χ0) is 16.8. The van der Waals surface area contributed by atoms with E-state index in [-0.39, 0.29) is 30.8 Å². The van der Waals surface area contributed by atoms with Gasteiger partial charge in [-0.1, -0.05) is 34.5 Å². The van der Waals surface area contributed by atoms with Gasteiger partial charge < -0.3 is 4.74 Å². The zero-order valence-corrected chi connectivity index (χ0v) is 14.9. The molecule has 11 heteroatoms. The number of aryl methyl sites for hydroxylation is 1. The minimum Gasteiger partial charge on any atom is -0.479 e. The Hall–Kier alpha value is -1.55. The monoisotopic (exact) mass is 390 g/mol. The Kier molecular flexibility index (Phi) is 4.13. The molecule has 0 unspecified atom stereocenters. The van der Waals surface area contributed by atoms with E-state index in [4.69, 9.17) is 27.9 Å². The van der Waals surface area contributed by atoms with E-state index < -0.39 is 9.84 Å². The molecule has 0 N–H and O–H groups in total. The third-order valence-corrected chi connectivity index (χ3v) is 6.41. The van der Waals surface area contributed by atoms with E-state index in [9.17, 15) is 8.42 Å². The predicted molar refractivity (Wildman–Crippen MR) is 86.2 cm³/mol. The van der Waals surface area contributed by atoms with Crippen LogP contribution in [0.1, 0.15) is 5.01 Å². The highest BCUT2D eigenvalue weighted by atomic mass is 35.5. The second-order valence-corrected chi connectivity index (χ2v) is 8.42. The van der Waals surface area contributed by atoms with Crippen molar-refractivity contribution in [3.8, 4) is 5.88 Å². The highest BCUT2D eigenvalue weighted by Gasteiger charge is 2.29. The van der Waals surface area contributed by atoms with Crippen molar-refractivity contribution in [2.24, 2.45) is 0 Å². The van der Waals surface area contributed by atoms with Crippen molar-refractivity contribution in [1.82, 2.24) is 20.2 Å². The fraction of sp³-hybridized carbons (Fsp3) is 0.167. The molecule has 3 rings (SSSR count). The summed E-state index contributed by atoms with van der Waals surface area (Å²) in [7, 11) is -2.70. The normalized spacial score (nSPS) is 11.8. The molecule has 0 spiro atoms. The lowest BCUT2D eigenvalue weighted by atomic mass is 10.3. The summed E-state index contributed by atoms with van der Waals surface area (Å²) in [5.41, 5.74) is 0.642. The summed E-state index contributed by atoms with van der Waals surface area (Å²) in [6, 6.07) is 2.93. The second-order valence-electron chi connectivity index (χ2n) is 4.38. The van der Waals surface area contributed by atoms with Crippen LogP contribution in [0.3, 0.4) is 0 Å². The molecule has 0 aliphatic rings. The molecule has 2 heterocycles. The summed E-state index contributed by atoms with van der Waals surface area (Å²) < 4.78 is 30.3. The van der Waals surface area contributed by atoms with E-state index in [0.717, 1.165) is 11.3 Å².